The fourth-order valence-electron chi connectivity index (χ4n) is 4.57. The molecule has 154 valence electrons. The van der Waals surface area contributed by atoms with E-state index in [0.717, 1.165) is 37.9 Å². The molecule has 0 spiro atoms. The molecule has 1 saturated carbocycles. The third kappa shape index (κ3) is 4.93. The highest BCUT2D eigenvalue weighted by atomic mass is 16.2. The van der Waals surface area contributed by atoms with Gasteiger partial charge in [-0.15, -0.1) is 0 Å². The molecule has 2 aliphatic rings. The van der Waals surface area contributed by atoms with Crippen LogP contribution in [0, 0.1) is 0 Å². The first-order valence-corrected chi connectivity index (χ1v) is 11.1. The van der Waals surface area contributed by atoms with E-state index in [4.69, 9.17) is 0 Å². The van der Waals surface area contributed by atoms with Crippen molar-refractivity contribution < 1.29 is 14.5 Å². The number of hydrogen-bond donors (Lipinski definition) is 2. The Labute approximate surface area is 169 Å². The highest BCUT2D eigenvalue weighted by Crippen LogP contribution is 2.34. The molecule has 2 unspecified atom stereocenters. The van der Waals surface area contributed by atoms with E-state index in [9.17, 15) is 9.59 Å². The largest absolute Gasteiger partial charge is 0.351 e. The molecule has 1 heterocycles. The summed E-state index contributed by atoms with van der Waals surface area (Å²) in [6.07, 6.45) is 9.09. The second-order valence-corrected chi connectivity index (χ2v) is 8.50. The molecule has 2 N–H and O–H groups in total. The summed E-state index contributed by atoms with van der Waals surface area (Å²) in [6, 6.07) is 7.41. The second kappa shape index (κ2) is 10.1. The zero-order chi connectivity index (χ0) is 19.9. The normalized spacial score (nSPS) is 20.9. The average Bonchev–Trinajstić information content (AvgIpc) is 2.99. The Balaban J connectivity index is 1.66. The van der Waals surface area contributed by atoms with Crippen LogP contribution >= 0.6 is 0 Å². The summed E-state index contributed by atoms with van der Waals surface area (Å²) in [5, 5.41) is 3.24. The molecule has 5 heteroatoms. The Morgan fingerprint density at radius 2 is 1.86 bits per heavy atom. The molecule has 1 aromatic carbocycles. The van der Waals surface area contributed by atoms with Crippen molar-refractivity contribution >= 4 is 11.8 Å². The minimum atomic E-state index is -0.471. The van der Waals surface area contributed by atoms with E-state index in [1.54, 1.807) is 4.90 Å². The van der Waals surface area contributed by atoms with Crippen molar-refractivity contribution in [3.63, 3.8) is 0 Å². The molecular weight excluding hydrogens is 350 g/mol. The fraction of sp³-hybridized carbons (Fsp3) is 0.652. The zero-order valence-electron chi connectivity index (χ0n) is 17.5. The SMILES string of the molecule is CCCC[NH+](C)CCCN1C(=O)c2ccccc2C1C(=O)NC1CCCCC1. The maximum atomic E-state index is 13.2. The molecule has 2 amide bonds. The van der Waals surface area contributed by atoms with Gasteiger partial charge in [-0.2, -0.15) is 0 Å². The molecule has 1 aliphatic carbocycles. The molecule has 0 saturated heterocycles. The lowest BCUT2D eigenvalue weighted by molar-refractivity contribution is -0.880. The number of unbranched alkanes of at least 4 members (excludes halogenated alkanes) is 1. The molecule has 0 bridgehead atoms. The molecule has 0 radical (unpaired) electrons. The Bertz CT molecular complexity index is 670. The van der Waals surface area contributed by atoms with Gasteiger partial charge < -0.3 is 15.1 Å². The molecule has 1 aliphatic heterocycles. The van der Waals surface area contributed by atoms with E-state index in [1.165, 1.54) is 37.0 Å². The predicted octanol–water partition coefficient (Wildman–Crippen LogP) is 2.34. The third-order valence-electron chi connectivity index (χ3n) is 6.22. The number of nitrogens with one attached hydrogen (secondary N) is 2. The quantitative estimate of drug-likeness (QED) is 0.684. The van der Waals surface area contributed by atoms with E-state index in [1.807, 2.05) is 24.3 Å². The van der Waals surface area contributed by atoms with Crippen LogP contribution in [0.15, 0.2) is 24.3 Å². The standard InChI is InChI=1S/C23H35N3O2/c1-3-4-15-25(2)16-10-17-26-21(19-13-8-9-14-20(19)23(26)28)22(27)24-18-11-6-5-7-12-18/h8-9,13-14,18,21H,3-7,10-12,15-17H2,1-2H3,(H,24,27)/p+1. The maximum absolute atomic E-state index is 13.2. The topological polar surface area (TPSA) is 53.9 Å². The van der Waals surface area contributed by atoms with Gasteiger partial charge in [-0.05, 0) is 30.9 Å². The third-order valence-corrected chi connectivity index (χ3v) is 6.22. The number of nitrogens with zero attached hydrogens (tertiary/aromatic N) is 1. The van der Waals surface area contributed by atoms with E-state index < -0.39 is 6.04 Å². The molecule has 2 atom stereocenters. The van der Waals surface area contributed by atoms with Crippen molar-refractivity contribution in [1.82, 2.24) is 10.2 Å². The van der Waals surface area contributed by atoms with Gasteiger partial charge in [0.2, 0.25) is 5.91 Å². The first-order valence-electron chi connectivity index (χ1n) is 11.1. The van der Waals surface area contributed by atoms with Crippen LogP contribution in [0.4, 0.5) is 0 Å². The van der Waals surface area contributed by atoms with Crippen molar-refractivity contribution in [2.24, 2.45) is 0 Å². The van der Waals surface area contributed by atoms with Gasteiger partial charge in [0.25, 0.3) is 5.91 Å². The lowest BCUT2D eigenvalue weighted by atomic mass is 9.95. The van der Waals surface area contributed by atoms with Crippen molar-refractivity contribution in [1.29, 1.82) is 0 Å². The molecule has 0 aromatic heterocycles. The molecule has 3 rings (SSSR count). The van der Waals surface area contributed by atoms with Crippen LogP contribution in [0.5, 0.6) is 0 Å². The zero-order valence-corrected chi connectivity index (χ0v) is 17.5. The molecular formula is C23H36N3O2+. The average molecular weight is 387 g/mol. The monoisotopic (exact) mass is 386 g/mol. The molecule has 1 fully saturated rings. The molecule has 5 nitrogen and oxygen atoms in total. The summed E-state index contributed by atoms with van der Waals surface area (Å²) in [7, 11) is 2.21. The predicted molar refractivity (Wildman–Crippen MR) is 111 cm³/mol. The Hall–Kier alpha value is -1.88. The van der Waals surface area contributed by atoms with Gasteiger partial charge >= 0.3 is 0 Å². The summed E-state index contributed by atoms with van der Waals surface area (Å²) < 4.78 is 0. The summed E-state index contributed by atoms with van der Waals surface area (Å²) in [4.78, 5) is 29.4. The van der Waals surface area contributed by atoms with Gasteiger partial charge in [0.05, 0.1) is 20.1 Å². The number of fused-ring (bicyclic) bond motifs is 1. The Kier molecular flexibility index (Phi) is 7.49. The summed E-state index contributed by atoms with van der Waals surface area (Å²) in [5.41, 5.74) is 1.56. The summed E-state index contributed by atoms with van der Waals surface area (Å²) in [5.74, 6) is 0.00231. The van der Waals surface area contributed by atoms with Crippen LogP contribution in [-0.4, -0.2) is 49.4 Å². The molecule has 1 aromatic rings. The number of benzene rings is 1. The smallest absolute Gasteiger partial charge is 0.255 e. The minimum absolute atomic E-state index is 0.00288. The van der Waals surface area contributed by atoms with Crippen LogP contribution in [0.1, 0.15) is 80.3 Å². The lowest BCUT2D eigenvalue weighted by Gasteiger charge is -2.29. The van der Waals surface area contributed by atoms with Crippen molar-refractivity contribution in [3.05, 3.63) is 35.4 Å². The van der Waals surface area contributed by atoms with Gasteiger partial charge in [0.15, 0.2) is 0 Å². The highest BCUT2D eigenvalue weighted by Gasteiger charge is 2.41. The molecule has 28 heavy (non-hydrogen) atoms. The number of carbonyl (C=O) groups is 2. The first-order chi connectivity index (χ1) is 13.6. The number of carbonyl (C=O) groups excluding carboxylic acids is 2. The van der Waals surface area contributed by atoms with E-state index in [2.05, 4.69) is 19.3 Å². The van der Waals surface area contributed by atoms with Gasteiger partial charge in [0.1, 0.15) is 6.04 Å². The summed E-state index contributed by atoms with van der Waals surface area (Å²) >= 11 is 0. The van der Waals surface area contributed by atoms with Crippen LogP contribution in [0.2, 0.25) is 0 Å². The number of hydrogen-bond acceptors (Lipinski definition) is 2. The van der Waals surface area contributed by atoms with Gasteiger partial charge in [-0.1, -0.05) is 50.8 Å². The van der Waals surface area contributed by atoms with Gasteiger partial charge in [-0.3, -0.25) is 9.59 Å². The van der Waals surface area contributed by atoms with Crippen LogP contribution < -0.4 is 10.2 Å². The van der Waals surface area contributed by atoms with E-state index in [0.29, 0.717) is 12.1 Å². The van der Waals surface area contributed by atoms with Crippen LogP contribution in [0.25, 0.3) is 0 Å². The number of quaternary nitrogens is 1. The van der Waals surface area contributed by atoms with Crippen LogP contribution in [-0.2, 0) is 4.79 Å². The fourth-order valence-corrected chi connectivity index (χ4v) is 4.57. The van der Waals surface area contributed by atoms with Crippen molar-refractivity contribution in [3.8, 4) is 0 Å². The lowest BCUT2D eigenvalue weighted by Crippen LogP contribution is -3.09. The minimum Gasteiger partial charge on any atom is -0.351 e. The summed E-state index contributed by atoms with van der Waals surface area (Å²) in [6.45, 7) is 5.04. The van der Waals surface area contributed by atoms with Crippen LogP contribution in [0.3, 0.4) is 0 Å². The van der Waals surface area contributed by atoms with Gasteiger partial charge in [0, 0.05) is 24.6 Å². The van der Waals surface area contributed by atoms with E-state index >= 15 is 0 Å². The second-order valence-electron chi connectivity index (χ2n) is 8.50. The van der Waals surface area contributed by atoms with Crippen molar-refractivity contribution in [2.75, 3.05) is 26.7 Å². The number of rotatable bonds is 9. The van der Waals surface area contributed by atoms with E-state index in [-0.39, 0.29) is 17.9 Å². The highest BCUT2D eigenvalue weighted by molar-refractivity contribution is 6.04. The van der Waals surface area contributed by atoms with Gasteiger partial charge in [-0.25, -0.2) is 0 Å². The first kappa shape index (κ1) is 20.8. The maximum Gasteiger partial charge on any atom is 0.255 e. The van der Waals surface area contributed by atoms with Crippen molar-refractivity contribution in [2.45, 2.75) is 70.4 Å². The Morgan fingerprint density at radius 1 is 1.14 bits per heavy atom. The number of amides is 2. The Morgan fingerprint density at radius 3 is 2.61 bits per heavy atom.